The van der Waals surface area contributed by atoms with Crippen molar-refractivity contribution in [1.29, 1.82) is 0 Å². The Morgan fingerprint density at radius 1 is 1.60 bits per heavy atom. The van der Waals surface area contributed by atoms with Crippen LogP contribution in [0.25, 0.3) is 0 Å². The van der Waals surface area contributed by atoms with E-state index in [1.54, 1.807) is 18.2 Å². The first-order valence-electron chi connectivity index (χ1n) is 3.86. The molecule has 7 heteroatoms. The van der Waals surface area contributed by atoms with Gasteiger partial charge in [-0.05, 0) is 6.07 Å². The summed E-state index contributed by atoms with van der Waals surface area (Å²) >= 11 is 8.38. The molecule has 0 aliphatic rings. The highest BCUT2D eigenvalue weighted by Crippen LogP contribution is 2.14. The second kappa shape index (κ2) is 5.42. The van der Waals surface area contributed by atoms with Crippen molar-refractivity contribution in [2.75, 3.05) is 0 Å². The summed E-state index contributed by atoms with van der Waals surface area (Å²) in [7, 11) is 0. The van der Waals surface area contributed by atoms with E-state index < -0.39 is 4.92 Å². The van der Waals surface area contributed by atoms with Gasteiger partial charge < -0.3 is 0 Å². The van der Waals surface area contributed by atoms with Gasteiger partial charge in [-0.2, -0.15) is 5.10 Å². The van der Waals surface area contributed by atoms with Crippen molar-refractivity contribution in [3.05, 3.63) is 39.9 Å². The summed E-state index contributed by atoms with van der Waals surface area (Å²) < 4.78 is 0.199. The fourth-order valence-electron chi connectivity index (χ4n) is 0.920. The van der Waals surface area contributed by atoms with Crippen molar-refractivity contribution in [3.8, 4) is 0 Å². The summed E-state index contributed by atoms with van der Waals surface area (Å²) in [6.45, 7) is 0. The molecule has 0 saturated heterocycles. The molecule has 0 atom stereocenters. The highest BCUT2D eigenvalue weighted by molar-refractivity contribution is 8.11. The number of hydrogen-bond donors (Lipinski definition) is 2. The summed E-state index contributed by atoms with van der Waals surface area (Å²) in [5, 5.41) is 14.3. The van der Waals surface area contributed by atoms with Gasteiger partial charge in [0, 0.05) is 6.07 Å². The fraction of sp³-hybridized carbons (Fsp3) is 0. The summed E-state index contributed by atoms with van der Waals surface area (Å²) in [6.07, 6.45) is 1.32. The van der Waals surface area contributed by atoms with Crippen LogP contribution in [-0.4, -0.2) is 15.5 Å². The normalized spacial score (nSPS) is 10.2. The van der Waals surface area contributed by atoms with Crippen molar-refractivity contribution in [1.82, 2.24) is 5.43 Å². The monoisotopic (exact) mass is 241 g/mol. The number of nitro groups is 1. The Labute approximate surface area is 96.7 Å². The molecule has 1 N–H and O–H groups in total. The average Bonchev–Trinajstić information content (AvgIpc) is 2.17. The first kappa shape index (κ1) is 11.6. The molecule has 1 rings (SSSR count). The van der Waals surface area contributed by atoms with Crippen molar-refractivity contribution >= 4 is 41.1 Å². The molecule has 0 aromatic heterocycles. The van der Waals surface area contributed by atoms with Crippen LogP contribution in [0.3, 0.4) is 0 Å². The number of para-hydroxylation sites is 1. The van der Waals surface area contributed by atoms with E-state index in [1.165, 1.54) is 12.3 Å². The number of thiocarbonyl (C=S) groups is 1. The van der Waals surface area contributed by atoms with Gasteiger partial charge in [-0.1, -0.05) is 24.4 Å². The molecule has 0 amide bonds. The first-order chi connectivity index (χ1) is 7.11. The van der Waals surface area contributed by atoms with E-state index in [1.807, 2.05) is 0 Å². The Balaban J connectivity index is 2.89. The van der Waals surface area contributed by atoms with Crippen LogP contribution in [0, 0.1) is 10.1 Å². The van der Waals surface area contributed by atoms with Gasteiger partial charge in [0.05, 0.1) is 16.7 Å². The zero-order valence-electron chi connectivity index (χ0n) is 7.45. The molecular formula is C8H7N3O2S2. The number of nitro benzene ring substituents is 1. The number of thiol groups is 1. The minimum absolute atomic E-state index is 0.00636. The molecule has 5 nitrogen and oxygen atoms in total. The van der Waals surface area contributed by atoms with E-state index >= 15 is 0 Å². The molecule has 0 heterocycles. The summed E-state index contributed by atoms with van der Waals surface area (Å²) in [4.78, 5) is 10.1. The number of hydrogen-bond acceptors (Lipinski definition) is 4. The van der Waals surface area contributed by atoms with Crippen LogP contribution in [0.2, 0.25) is 0 Å². The van der Waals surface area contributed by atoms with Gasteiger partial charge in [0.15, 0.2) is 4.32 Å². The molecule has 15 heavy (non-hydrogen) atoms. The van der Waals surface area contributed by atoms with Crippen molar-refractivity contribution in [2.45, 2.75) is 0 Å². The van der Waals surface area contributed by atoms with Gasteiger partial charge >= 0.3 is 0 Å². The lowest BCUT2D eigenvalue weighted by Crippen LogP contribution is -2.08. The van der Waals surface area contributed by atoms with Crippen molar-refractivity contribution in [3.63, 3.8) is 0 Å². The van der Waals surface area contributed by atoms with Gasteiger partial charge in [0.2, 0.25) is 0 Å². The lowest BCUT2D eigenvalue weighted by Gasteiger charge is -1.96. The van der Waals surface area contributed by atoms with E-state index in [2.05, 4.69) is 35.4 Å². The Morgan fingerprint density at radius 3 is 2.87 bits per heavy atom. The van der Waals surface area contributed by atoms with Gasteiger partial charge in [0.1, 0.15) is 0 Å². The molecule has 0 bridgehead atoms. The van der Waals surface area contributed by atoms with Crippen LogP contribution in [-0.2, 0) is 0 Å². The number of nitrogens with zero attached hydrogens (tertiary/aromatic N) is 2. The summed E-state index contributed by atoms with van der Waals surface area (Å²) in [5.41, 5.74) is 2.80. The van der Waals surface area contributed by atoms with E-state index in [0.717, 1.165) is 0 Å². The molecule has 0 spiro atoms. The summed E-state index contributed by atoms with van der Waals surface area (Å²) in [5.74, 6) is 0. The molecule has 1 aromatic rings. The zero-order valence-corrected chi connectivity index (χ0v) is 9.16. The minimum Gasteiger partial charge on any atom is -0.263 e. The molecule has 1 aromatic carbocycles. The van der Waals surface area contributed by atoms with Crippen molar-refractivity contribution < 1.29 is 4.92 Å². The lowest BCUT2D eigenvalue weighted by molar-refractivity contribution is -0.385. The highest BCUT2D eigenvalue weighted by Gasteiger charge is 2.09. The van der Waals surface area contributed by atoms with Crippen LogP contribution >= 0.6 is 24.8 Å². The van der Waals surface area contributed by atoms with E-state index in [4.69, 9.17) is 0 Å². The fourth-order valence-corrected chi connectivity index (χ4v) is 1.03. The molecule has 0 saturated carbocycles. The molecule has 0 radical (unpaired) electrons. The van der Waals surface area contributed by atoms with Gasteiger partial charge in [-0.25, -0.2) is 0 Å². The Bertz CT molecular complexity index is 420. The molecular weight excluding hydrogens is 234 g/mol. The molecule has 0 unspecified atom stereocenters. The molecule has 78 valence electrons. The quantitative estimate of drug-likeness (QED) is 0.278. The van der Waals surface area contributed by atoms with Gasteiger partial charge in [-0.15, -0.1) is 12.6 Å². The Morgan fingerprint density at radius 2 is 2.27 bits per heavy atom. The van der Waals surface area contributed by atoms with Crippen LogP contribution in [0.15, 0.2) is 29.4 Å². The van der Waals surface area contributed by atoms with Gasteiger partial charge in [0.25, 0.3) is 5.69 Å². The maximum atomic E-state index is 10.6. The van der Waals surface area contributed by atoms with Crippen LogP contribution in [0.1, 0.15) is 5.56 Å². The number of nitrogens with one attached hydrogen (secondary N) is 1. The summed E-state index contributed by atoms with van der Waals surface area (Å²) in [6, 6.07) is 6.27. The smallest absolute Gasteiger partial charge is 0.263 e. The standard InChI is InChI=1S/C8H7N3O2S2/c12-11(13)7-4-2-1-3-6(7)5-9-10-8(14)15/h1-5H,(H2,10,14,15)/b9-5+. The third kappa shape index (κ3) is 3.64. The SMILES string of the molecule is O=[N+]([O-])c1ccccc1/C=N/NC(=S)S. The average molecular weight is 241 g/mol. The number of rotatable bonds is 3. The zero-order chi connectivity index (χ0) is 11.3. The second-order valence-electron chi connectivity index (χ2n) is 2.49. The topological polar surface area (TPSA) is 67.5 Å². The number of hydrazone groups is 1. The molecule has 0 fully saturated rings. The van der Waals surface area contributed by atoms with Crippen molar-refractivity contribution in [2.24, 2.45) is 5.10 Å². The van der Waals surface area contributed by atoms with Gasteiger partial charge in [-0.3, -0.25) is 15.5 Å². The predicted molar refractivity (Wildman–Crippen MR) is 65.4 cm³/mol. The third-order valence-electron chi connectivity index (χ3n) is 1.50. The molecule has 0 aliphatic carbocycles. The van der Waals surface area contributed by atoms with E-state index in [9.17, 15) is 10.1 Å². The second-order valence-corrected chi connectivity index (χ2v) is 3.65. The highest BCUT2D eigenvalue weighted by atomic mass is 32.1. The first-order valence-corrected chi connectivity index (χ1v) is 4.72. The predicted octanol–water partition coefficient (Wildman–Crippen LogP) is 1.73. The maximum Gasteiger partial charge on any atom is 0.278 e. The number of benzene rings is 1. The van der Waals surface area contributed by atoms with Crippen LogP contribution in [0.4, 0.5) is 5.69 Å². The lowest BCUT2D eigenvalue weighted by atomic mass is 10.2. The van der Waals surface area contributed by atoms with Crippen LogP contribution < -0.4 is 5.43 Å². The third-order valence-corrected chi connectivity index (χ3v) is 1.69. The van der Waals surface area contributed by atoms with Crippen LogP contribution in [0.5, 0.6) is 0 Å². The Kier molecular flexibility index (Phi) is 4.19. The van der Waals surface area contributed by atoms with E-state index in [-0.39, 0.29) is 10.0 Å². The minimum atomic E-state index is -0.472. The maximum absolute atomic E-state index is 10.6. The van der Waals surface area contributed by atoms with E-state index in [0.29, 0.717) is 5.56 Å². The Hall–Kier alpha value is -1.47. The molecule has 0 aliphatic heterocycles. The largest absolute Gasteiger partial charge is 0.278 e.